The number of rotatable bonds is 3. The lowest BCUT2D eigenvalue weighted by Crippen LogP contribution is -1.84. The minimum absolute atomic E-state index is 0.847. The first-order chi connectivity index (χ1) is 9.81. The zero-order valence-electron chi connectivity index (χ0n) is 11.4. The summed E-state index contributed by atoms with van der Waals surface area (Å²) in [5, 5.41) is 1.15. The minimum atomic E-state index is 0.847. The summed E-state index contributed by atoms with van der Waals surface area (Å²) in [6, 6.07) is 18.1. The van der Waals surface area contributed by atoms with Crippen LogP contribution >= 0.6 is 11.8 Å². The van der Waals surface area contributed by atoms with E-state index >= 15 is 0 Å². The van der Waals surface area contributed by atoms with E-state index in [1.807, 2.05) is 42.5 Å². The van der Waals surface area contributed by atoms with Gasteiger partial charge in [-0.3, -0.25) is 0 Å². The maximum Gasteiger partial charge on any atom is 0.361 e. The van der Waals surface area contributed by atoms with E-state index in [0.29, 0.717) is 0 Å². The first-order valence-electron chi connectivity index (χ1n) is 6.36. The van der Waals surface area contributed by atoms with Gasteiger partial charge in [-0.2, -0.15) is 0 Å². The summed E-state index contributed by atoms with van der Waals surface area (Å²) in [7, 11) is 1.67. The van der Waals surface area contributed by atoms with Crippen LogP contribution in [-0.4, -0.2) is 13.4 Å². The maximum absolute atomic E-state index is 6.01. The van der Waals surface area contributed by atoms with E-state index in [-0.39, 0.29) is 0 Å². The molecule has 0 saturated heterocycles. The van der Waals surface area contributed by atoms with Crippen LogP contribution in [0.1, 0.15) is 0 Å². The monoisotopic (exact) mass is 283 g/mol. The van der Waals surface area contributed by atoms with Gasteiger partial charge in [-0.05, 0) is 36.6 Å². The first kappa shape index (κ1) is 13.0. The SMILES string of the molecule is COc1ccc(-c2cc(SC)c3ccccc3[o+]2)cc1. The van der Waals surface area contributed by atoms with Gasteiger partial charge >= 0.3 is 11.3 Å². The van der Waals surface area contributed by atoms with Crippen LogP contribution in [0.5, 0.6) is 5.75 Å². The Bertz CT molecular complexity index is 736. The van der Waals surface area contributed by atoms with Crippen molar-refractivity contribution in [3.05, 3.63) is 54.6 Å². The Morgan fingerprint density at radius 3 is 2.45 bits per heavy atom. The third kappa shape index (κ3) is 2.37. The second kappa shape index (κ2) is 5.55. The number of fused-ring (bicyclic) bond motifs is 1. The van der Waals surface area contributed by atoms with E-state index in [0.717, 1.165) is 28.0 Å². The molecule has 1 heterocycles. The van der Waals surface area contributed by atoms with Crippen molar-refractivity contribution in [2.45, 2.75) is 4.90 Å². The van der Waals surface area contributed by atoms with Crippen molar-refractivity contribution >= 4 is 22.7 Å². The fraction of sp³-hybridized carbons (Fsp3) is 0.118. The Hall–Kier alpha value is -2.00. The fourth-order valence-corrected chi connectivity index (χ4v) is 2.78. The van der Waals surface area contributed by atoms with Crippen molar-refractivity contribution in [3.63, 3.8) is 0 Å². The smallest absolute Gasteiger partial charge is 0.361 e. The van der Waals surface area contributed by atoms with Crippen molar-refractivity contribution < 1.29 is 9.15 Å². The van der Waals surface area contributed by atoms with Crippen molar-refractivity contribution in [2.75, 3.05) is 13.4 Å². The highest BCUT2D eigenvalue weighted by Crippen LogP contribution is 2.33. The largest absolute Gasteiger partial charge is 0.497 e. The molecule has 0 aliphatic carbocycles. The normalized spacial score (nSPS) is 10.7. The molecule has 0 unspecified atom stereocenters. The lowest BCUT2D eigenvalue weighted by atomic mass is 10.1. The molecule has 20 heavy (non-hydrogen) atoms. The molecule has 0 radical (unpaired) electrons. The van der Waals surface area contributed by atoms with Crippen molar-refractivity contribution in [1.82, 2.24) is 0 Å². The van der Waals surface area contributed by atoms with Gasteiger partial charge < -0.3 is 4.74 Å². The van der Waals surface area contributed by atoms with Crippen LogP contribution in [0.15, 0.2) is 63.9 Å². The summed E-state index contributed by atoms with van der Waals surface area (Å²) in [5.41, 5.74) is 1.96. The van der Waals surface area contributed by atoms with Crippen molar-refractivity contribution in [1.29, 1.82) is 0 Å². The molecule has 0 atom stereocenters. The Morgan fingerprint density at radius 2 is 1.75 bits per heavy atom. The molecule has 0 N–H and O–H groups in total. The van der Waals surface area contributed by atoms with Crippen molar-refractivity contribution in [3.8, 4) is 17.1 Å². The molecular weight excluding hydrogens is 268 g/mol. The lowest BCUT2D eigenvalue weighted by Gasteiger charge is -2.01. The number of hydrogen-bond donors (Lipinski definition) is 0. The molecule has 100 valence electrons. The van der Waals surface area contributed by atoms with E-state index in [1.54, 1.807) is 18.9 Å². The summed E-state index contributed by atoms with van der Waals surface area (Å²) in [6.45, 7) is 0. The molecule has 0 amide bonds. The van der Waals surface area contributed by atoms with Gasteiger partial charge in [-0.25, -0.2) is 4.42 Å². The molecule has 3 heteroatoms. The molecule has 2 aromatic carbocycles. The van der Waals surface area contributed by atoms with E-state index in [1.165, 1.54) is 4.90 Å². The quantitative estimate of drug-likeness (QED) is 0.492. The van der Waals surface area contributed by atoms with Gasteiger partial charge in [-0.15, -0.1) is 11.8 Å². The molecule has 0 bridgehead atoms. The van der Waals surface area contributed by atoms with E-state index < -0.39 is 0 Å². The summed E-state index contributed by atoms with van der Waals surface area (Å²) >= 11 is 1.73. The zero-order valence-corrected chi connectivity index (χ0v) is 12.2. The van der Waals surface area contributed by atoms with E-state index in [2.05, 4.69) is 18.4 Å². The molecule has 3 rings (SSSR count). The molecule has 0 spiro atoms. The van der Waals surface area contributed by atoms with Crippen LogP contribution in [-0.2, 0) is 0 Å². The van der Waals surface area contributed by atoms with E-state index in [4.69, 9.17) is 9.15 Å². The topological polar surface area (TPSA) is 20.5 Å². The van der Waals surface area contributed by atoms with Crippen LogP contribution in [0.25, 0.3) is 22.3 Å². The van der Waals surface area contributed by atoms with Crippen LogP contribution in [0.2, 0.25) is 0 Å². The van der Waals surface area contributed by atoms with Gasteiger partial charge in [-0.1, -0.05) is 12.1 Å². The van der Waals surface area contributed by atoms with Gasteiger partial charge in [0.25, 0.3) is 0 Å². The second-order valence-corrected chi connectivity index (χ2v) is 5.25. The Morgan fingerprint density at radius 1 is 1.00 bits per heavy atom. The van der Waals surface area contributed by atoms with Crippen LogP contribution in [0.3, 0.4) is 0 Å². The minimum Gasteiger partial charge on any atom is -0.497 e. The lowest BCUT2D eigenvalue weighted by molar-refractivity contribution is 0.415. The highest BCUT2D eigenvalue weighted by molar-refractivity contribution is 7.98. The Balaban J connectivity index is 2.15. The zero-order chi connectivity index (χ0) is 13.9. The maximum atomic E-state index is 6.01. The van der Waals surface area contributed by atoms with Crippen LogP contribution < -0.4 is 4.74 Å². The number of ether oxygens (including phenoxy) is 1. The number of hydrogen-bond acceptors (Lipinski definition) is 2. The Kier molecular flexibility index (Phi) is 3.61. The molecule has 3 aromatic rings. The number of benzene rings is 2. The average molecular weight is 283 g/mol. The summed E-state index contributed by atoms with van der Waals surface area (Å²) < 4.78 is 11.2. The van der Waals surface area contributed by atoms with Crippen LogP contribution in [0.4, 0.5) is 0 Å². The summed E-state index contributed by atoms with van der Waals surface area (Å²) in [5.74, 6) is 1.72. The predicted molar refractivity (Wildman–Crippen MR) is 84.4 cm³/mol. The molecule has 0 aliphatic rings. The second-order valence-electron chi connectivity index (χ2n) is 4.40. The van der Waals surface area contributed by atoms with Gasteiger partial charge in [0.1, 0.15) is 5.75 Å². The first-order valence-corrected chi connectivity index (χ1v) is 7.58. The van der Waals surface area contributed by atoms with Gasteiger partial charge in [0.05, 0.1) is 24.1 Å². The third-order valence-corrected chi connectivity index (χ3v) is 4.01. The average Bonchev–Trinajstić information content (AvgIpc) is 2.54. The molecule has 0 fully saturated rings. The number of methoxy groups -OCH3 is 1. The summed E-state index contributed by atoms with van der Waals surface area (Å²) in [6.07, 6.45) is 2.08. The van der Waals surface area contributed by atoms with Gasteiger partial charge in [0, 0.05) is 11.0 Å². The molecular formula is C17H15O2S+. The van der Waals surface area contributed by atoms with Crippen molar-refractivity contribution in [2.24, 2.45) is 0 Å². The molecule has 1 aromatic heterocycles. The number of para-hydroxylation sites is 1. The van der Waals surface area contributed by atoms with Gasteiger partial charge in [0.15, 0.2) is 0 Å². The highest BCUT2D eigenvalue weighted by Gasteiger charge is 2.18. The van der Waals surface area contributed by atoms with Gasteiger partial charge in [0.2, 0.25) is 0 Å². The number of thioether (sulfide) groups is 1. The third-order valence-electron chi connectivity index (χ3n) is 3.23. The molecule has 0 saturated carbocycles. The summed E-state index contributed by atoms with van der Waals surface area (Å²) in [4.78, 5) is 1.22. The Labute approximate surface area is 122 Å². The highest BCUT2D eigenvalue weighted by atomic mass is 32.2. The van der Waals surface area contributed by atoms with E-state index in [9.17, 15) is 0 Å². The molecule has 2 nitrogen and oxygen atoms in total. The fourth-order valence-electron chi connectivity index (χ4n) is 2.17. The predicted octanol–water partition coefficient (Wildman–Crippen LogP) is 5.11. The standard InChI is InChI=1S/C17H15O2S/c1-18-13-9-7-12(8-10-13)16-11-17(20-2)14-5-3-4-6-15(14)19-16/h3-11H,1-2H3/q+1. The molecule has 0 aliphatic heterocycles. The van der Waals surface area contributed by atoms with Crippen LogP contribution in [0, 0.1) is 0 Å².